The standard InChI is InChI=1S/C18H22FN3O3/c1-12(2)25-15-6-5-13(9-14(15)19)11-24-16-10-17-21(3)7-4-8-22(17)18(23)20-16/h5-6,9-10,12H,4,7-8,11H2,1-3H3. The molecule has 0 saturated carbocycles. The van der Waals surface area contributed by atoms with Crippen molar-refractivity contribution in [2.45, 2.75) is 39.5 Å². The van der Waals surface area contributed by atoms with Crippen LogP contribution in [0.2, 0.25) is 0 Å². The number of aromatic nitrogens is 2. The average Bonchev–Trinajstić information content (AvgIpc) is 2.56. The molecule has 3 rings (SSSR count). The summed E-state index contributed by atoms with van der Waals surface area (Å²) in [6.45, 7) is 5.35. The summed E-state index contributed by atoms with van der Waals surface area (Å²) in [5, 5.41) is 0. The van der Waals surface area contributed by atoms with Gasteiger partial charge in [0.25, 0.3) is 0 Å². The highest BCUT2D eigenvalue weighted by atomic mass is 19.1. The van der Waals surface area contributed by atoms with E-state index in [1.165, 1.54) is 6.07 Å². The highest BCUT2D eigenvalue weighted by Crippen LogP contribution is 2.23. The van der Waals surface area contributed by atoms with Crippen molar-refractivity contribution in [3.63, 3.8) is 0 Å². The van der Waals surface area contributed by atoms with Crippen molar-refractivity contribution < 1.29 is 13.9 Å². The zero-order valence-corrected chi connectivity index (χ0v) is 14.7. The van der Waals surface area contributed by atoms with Gasteiger partial charge in [-0.25, -0.2) is 9.18 Å². The van der Waals surface area contributed by atoms with Gasteiger partial charge in [-0.15, -0.1) is 0 Å². The lowest BCUT2D eigenvalue weighted by Gasteiger charge is -2.28. The van der Waals surface area contributed by atoms with E-state index in [0.29, 0.717) is 12.1 Å². The molecule has 0 saturated heterocycles. The van der Waals surface area contributed by atoms with Crippen LogP contribution in [0.1, 0.15) is 25.8 Å². The molecule has 0 radical (unpaired) electrons. The normalized spacial score (nSPS) is 13.7. The Morgan fingerprint density at radius 3 is 2.80 bits per heavy atom. The number of benzene rings is 1. The number of halogens is 1. The van der Waals surface area contributed by atoms with Crippen molar-refractivity contribution in [2.75, 3.05) is 18.5 Å². The third-order valence-corrected chi connectivity index (χ3v) is 3.98. The van der Waals surface area contributed by atoms with Crippen LogP contribution in [0.4, 0.5) is 10.2 Å². The van der Waals surface area contributed by atoms with Gasteiger partial charge in [0.1, 0.15) is 12.4 Å². The maximum Gasteiger partial charge on any atom is 0.352 e. The monoisotopic (exact) mass is 347 g/mol. The predicted molar refractivity (Wildman–Crippen MR) is 92.9 cm³/mol. The Hall–Kier alpha value is -2.57. The predicted octanol–water partition coefficient (Wildman–Crippen LogP) is 2.59. The summed E-state index contributed by atoms with van der Waals surface area (Å²) in [5.41, 5.74) is 0.312. The van der Waals surface area contributed by atoms with Crippen LogP contribution in [0.15, 0.2) is 29.1 Å². The lowest BCUT2D eigenvalue weighted by molar-refractivity contribution is 0.230. The van der Waals surface area contributed by atoms with Gasteiger partial charge in [-0.1, -0.05) is 6.07 Å². The molecule has 0 aliphatic carbocycles. The Morgan fingerprint density at radius 2 is 2.08 bits per heavy atom. The number of anilines is 1. The van der Waals surface area contributed by atoms with E-state index in [2.05, 4.69) is 4.98 Å². The second kappa shape index (κ2) is 7.13. The third kappa shape index (κ3) is 3.92. The lowest BCUT2D eigenvalue weighted by Crippen LogP contribution is -2.36. The number of ether oxygens (including phenoxy) is 2. The number of hydrogen-bond acceptors (Lipinski definition) is 5. The van der Waals surface area contributed by atoms with E-state index in [-0.39, 0.29) is 30.0 Å². The van der Waals surface area contributed by atoms with Crippen LogP contribution >= 0.6 is 0 Å². The average molecular weight is 347 g/mol. The minimum absolute atomic E-state index is 0.0961. The number of nitrogens with zero attached hydrogens (tertiary/aromatic N) is 3. The Balaban J connectivity index is 1.74. The molecule has 0 unspecified atom stereocenters. The molecule has 25 heavy (non-hydrogen) atoms. The van der Waals surface area contributed by atoms with E-state index >= 15 is 0 Å². The van der Waals surface area contributed by atoms with Gasteiger partial charge < -0.3 is 14.4 Å². The molecule has 1 aliphatic heterocycles. The quantitative estimate of drug-likeness (QED) is 0.832. The van der Waals surface area contributed by atoms with Gasteiger partial charge in [0.05, 0.1) is 6.10 Å². The molecule has 6 nitrogen and oxygen atoms in total. The van der Waals surface area contributed by atoms with Gasteiger partial charge in [-0.3, -0.25) is 4.57 Å². The van der Waals surface area contributed by atoms with Gasteiger partial charge in [-0.2, -0.15) is 4.98 Å². The molecule has 0 spiro atoms. The minimum Gasteiger partial charge on any atom is -0.488 e. The molecule has 0 amide bonds. The fourth-order valence-corrected chi connectivity index (χ4v) is 2.80. The van der Waals surface area contributed by atoms with Gasteiger partial charge in [0, 0.05) is 26.2 Å². The third-order valence-electron chi connectivity index (χ3n) is 3.98. The molecule has 1 aliphatic rings. The van der Waals surface area contributed by atoms with Crippen LogP contribution in [0.25, 0.3) is 0 Å². The van der Waals surface area contributed by atoms with E-state index in [4.69, 9.17) is 9.47 Å². The maximum absolute atomic E-state index is 14.0. The molecule has 134 valence electrons. The lowest BCUT2D eigenvalue weighted by atomic mass is 10.2. The van der Waals surface area contributed by atoms with E-state index in [1.54, 1.807) is 22.8 Å². The Bertz CT molecular complexity index is 820. The molecular weight excluding hydrogens is 325 g/mol. The largest absolute Gasteiger partial charge is 0.488 e. The summed E-state index contributed by atoms with van der Waals surface area (Å²) in [6.07, 6.45) is 0.816. The minimum atomic E-state index is -0.437. The van der Waals surface area contributed by atoms with Gasteiger partial charge >= 0.3 is 5.69 Å². The van der Waals surface area contributed by atoms with Crippen LogP contribution in [0, 0.1) is 5.82 Å². The van der Waals surface area contributed by atoms with Crippen LogP contribution in [-0.2, 0) is 13.2 Å². The van der Waals surface area contributed by atoms with Crippen LogP contribution in [-0.4, -0.2) is 29.2 Å². The highest BCUT2D eigenvalue weighted by molar-refractivity contribution is 5.42. The summed E-state index contributed by atoms with van der Waals surface area (Å²) >= 11 is 0. The molecular formula is C18H22FN3O3. The van der Waals surface area contributed by atoms with Crippen molar-refractivity contribution in [1.82, 2.24) is 9.55 Å². The van der Waals surface area contributed by atoms with Crippen molar-refractivity contribution >= 4 is 5.82 Å². The molecule has 0 bridgehead atoms. The Kier molecular flexibility index (Phi) is 4.92. The van der Waals surface area contributed by atoms with Crippen molar-refractivity contribution in [3.05, 3.63) is 46.1 Å². The molecule has 2 aromatic rings. The van der Waals surface area contributed by atoms with E-state index in [0.717, 1.165) is 18.8 Å². The van der Waals surface area contributed by atoms with Gasteiger partial charge in [0.15, 0.2) is 11.6 Å². The molecule has 1 aromatic heterocycles. The summed E-state index contributed by atoms with van der Waals surface area (Å²) in [5.74, 6) is 0.805. The van der Waals surface area contributed by atoms with Crippen molar-refractivity contribution in [3.8, 4) is 11.6 Å². The van der Waals surface area contributed by atoms with Crippen molar-refractivity contribution in [2.24, 2.45) is 0 Å². The summed E-state index contributed by atoms with van der Waals surface area (Å²) in [7, 11) is 1.93. The second-order valence-corrected chi connectivity index (χ2v) is 6.38. The van der Waals surface area contributed by atoms with E-state index in [1.807, 2.05) is 25.8 Å². The Labute approximate surface area is 145 Å². The van der Waals surface area contributed by atoms with Gasteiger partial charge in [-0.05, 0) is 38.0 Å². The molecule has 0 N–H and O–H groups in total. The van der Waals surface area contributed by atoms with Crippen molar-refractivity contribution in [1.29, 1.82) is 0 Å². The van der Waals surface area contributed by atoms with Gasteiger partial charge in [0.2, 0.25) is 5.88 Å². The summed E-state index contributed by atoms with van der Waals surface area (Å²) in [6, 6.07) is 6.43. The molecule has 7 heteroatoms. The van der Waals surface area contributed by atoms with Crippen LogP contribution in [0.5, 0.6) is 11.6 Å². The number of rotatable bonds is 5. The first kappa shape index (κ1) is 17.3. The first-order chi connectivity index (χ1) is 11.9. The van der Waals surface area contributed by atoms with E-state index < -0.39 is 5.82 Å². The summed E-state index contributed by atoms with van der Waals surface area (Å²) < 4.78 is 26.6. The van der Waals surface area contributed by atoms with Crippen LogP contribution < -0.4 is 20.1 Å². The maximum atomic E-state index is 14.0. The molecule has 2 heterocycles. The number of hydrogen-bond donors (Lipinski definition) is 0. The Morgan fingerprint density at radius 1 is 1.28 bits per heavy atom. The van der Waals surface area contributed by atoms with E-state index in [9.17, 15) is 9.18 Å². The fraction of sp³-hybridized carbons (Fsp3) is 0.444. The zero-order chi connectivity index (χ0) is 18.0. The molecule has 1 aromatic carbocycles. The van der Waals surface area contributed by atoms with Crippen LogP contribution in [0.3, 0.4) is 0 Å². The zero-order valence-electron chi connectivity index (χ0n) is 14.7. The first-order valence-electron chi connectivity index (χ1n) is 8.35. The topological polar surface area (TPSA) is 56.6 Å². The SMILES string of the molecule is CC(C)Oc1ccc(COc2cc3n(c(=O)n2)CCCN3C)cc1F. The molecule has 0 atom stereocenters. The first-order valence-corrected chi connectivity index (χ1v) is 8.35. The highest BCUT2D eigenvalue weighted by Gasteiger charge is 2.17. The molecule has 0 fully saturated rings. The fourth-order valence-electron chi connectivity index (χ4n) is 2.80. The summed E-state index contributed by atoms with van der Waals surface area (Å²) in [4.78, 5) is 18.1. The second-order valence-electron chi connectivity index (χ2n) is 6.38. The smallest absolute Gasteiger partial charge is 0.352 e. The number of fused-ring (bicyclic) bond motifs is 1.